The first kappa shape index (κ1) is 9.92. The van der Waals surface area contributed by atoms with E-state index in [4.69, 9.17) is 5.73 Å². The molecule has 0 radical (unpaired) electrons. The fourth-order valence-electron chi connectivity index (χ4n) is 1.51. The fourth-order valence-corrected chi connectivity index (χ4v) is 1.51. The van der Waals surface area contributed by atoms with E-state index in [1.807, 2.05) is 29.3 Å². The largest absolute Gasteiger partial charge is 0.330 e. The molecule has 5 nitrogen and oxygen atoms in total. The van der Waals surface area contributed by atoms with Crippen LogP contribution in [0.2, 0.25) is 0 Å². The van der Waals surface area contributed by atoms with Crippen LogP contribution in [0.3, 0.4) is 0 Å². The zero-order valence-corrected chi connectivity index (χ0v) is 8.47. The molecule has 0 aromatic rings. The minimum Gasteiger partial charge on any atom is -0.330 e. The van der Waals surface area contributed by atoms with Crippen LogP contribution in [0.15, 0.2) is 29.5 Å². The van der Waals surface area contributed by atoms with Gasteiger partial charge in [-0.2, -0.15) is 5.10 Å². The first-order valence-corrected chi connectivity index (χ1v) is 5.02. The summed E-state index contributed by atoms with van der Waals surface area (Å²) in [6, 6.07) is 0. The van der Waals surface area contributed by atoms with Crippen molar-refractivity contribution in [1.29, 1.82) is 0 Å². The van der Waals surface area contributed by atoms with Gasteiger partial charge in [0.25, 0.3) is 5.91 Å². The van der Waals surface area contributed by atoms with E-state index in [2.05, 4.69) is 5.10 Å². The van der Waals surface area contributed by atoms with Crippen LogP contribution in [-0.4, -0.2) is 41.3 Å². The van der Waals surface area contributed by atoms with Gasteiger partial charge < -0.3 is 10.6 Å². The van der Waals surface area contributed by atoms with Crippen molar-refractivity contribution in [3.63, 3.8) is 0 Å². The first-order chi connectivity index (χ1) is 7.31. The third-order valence-corrected chi connectivity index (χ3v) is 2.31. The third-order valence-electron chi connectivity index (χ3n) is 2.31. The zero-order chi connectivity index (χ0) is 10.7. The number of carbonyl (C=O) groups excluding carboxylic acids is 1. The topological polar surface area (TPSA) is 61.9 Å². The van der Waals surface area contributed by atoms with Gasteiger partial charge in [0, 0.05) is 12.7 Å². The SMILES string of the molecule is NCCCN1N=C2C=CC=CN2CC1=O. The number of amidine groups is 1. The van der Waals surface area contributed by atoms with Crippen molar-refractivity contribution in [3.05, 3.63) is 24.4 Å². The number of hydrogen-bond donors (Lipinski definition) is 1. The smallest absolute Gasteiger partial charge is 0.262 e. The molecule has 0 spiro atoms. The minimum absolute atomic E-state index is 0.0205. The van der Waals surface area contributed by atoms with Gasteiger partial charge in [-0.05, 0) is 25.1 Å². The summed E-state index contributed by atoms with van der Waals surface area (Å²) in [5.74, 6) is 0.835. The lowest BCUT2D eigenvalue weighted by Crippen LogP contribution is -2.45. The second-order valence-electron chi connectivity index (χ2n) is 3.45. The van der Waals surface area contributed by atoms with Crippen LogP contribution >= 0.6 is 0 Å². The Kier molecular flexibility index (Phi) is 2.82. The Bertz CT molecular complexity index is 345. The summed E-state index contributed by atoms with van der Waals surface area (Å²) in [6.45, 7) is 1.54. The van der Waals surface area contributed by atoms with Crippen LogP contribution in [-0.2, 0) is 4.79 Å². The molecule has 0 aromatic heterocycles. The molecule has 0 atom stereocenters. The Morgan fingerprint density at radius 3 is 3.13 bits per heavy atom. The van der Waals surface area contributed by atoms with E-state index < -0.39 is 0 Å². The Morgan fingerprint density at radius 1 is 1.47 bits per heavy atom. The van der Waals surface area contributed by atoms with Gasteiger partial charge in [-0.25, -0.2) is 5.01 Å². The van der Waals surface area contributed by atoms with Crippen molar-refractivity contribution in [2.45, 2.75) is 6.42 Å². The molecule has 0 saturated heterocycles. The Hall–Kier alpha value is -1.62. The molecule has 2 rings (SSSR count). The van der Waals surface area contributed by atoms with Crippen molar-refractivity contribution in [2.24, 2.45) is 10.8 Å². The lowest BCUT2D eigenvalue weighted by molar-refractivity contribution is -0.132. The summed E-state index contributed by atoms with van der Waals surface area (Å²) in [4.78, 5) is 13.5. The maximum atomic E-state index is 11.6. The van der Waals surface area contributed by atoms with Gasteiger partial charge in [-0.15, -0.1) is 0 Å². The second kappa shape index (κ2) is 4.27. The number of hydrazone groups is 1. The number of rotatable bonds is 3. The average molecular weight is 206 g/mol. The van der Waals surface area contributed by atoms with E-state index in [9.17, 15) is 4.79 Å². The summed E-state index contributed by atoms with van der Waals surface area (Å²) < 4.78 is 0. The summed E-state index contributed by atoms with van der Waals surface area (Å²) in [5, 5.41) is 5.76. The molecule has 0 aliphatic carbocycles. The predicted molar refractivity (Wildman–Crippen MR) is 57.8 cm³/mol. The van der Waals surface area contributed by atoms with Gasteiger partial charge >= 0.3 is 0 Å². The summed E-state index contributed by atoms with van der Waals surface area (Å²) in [7, 11) is 0. The number of carbonyl (C=O) groups is 1. The monoisotopic (exact) mass is 206 g/mol. The molecule has 0 aromatic carbocycles. The van der Waals surface area contributed by atoms with Crippen molar-refractivity contribution in [1.82, 2.24) is 9.91 Å². The number of allylic oxidation sites excluding steroid dienone is 2. The van der Waals surface area contributed by atoms with Gasteiger partial charge in [-0.1, -0.05) is 6.08 Å². The lowest BCUT2D eigenvalue weighted by atomic mass is 10.3. The van der Waals surface area contributed by atoms with Crippen molar-refractivity contribution < 1.29 is 4.79 Å². The highest BCUT2D eigenvalue weighted by Gasteiger charge is 2.24. The van der Waals surface area contributed by atoms with Crippen LogP contribution < -0.4 is 5.73 Å². The predicted octanol–water partition coefficient (Wildman–Crippen LogP) is -0.124. The summed E-state index contributed by atoms with van der Waals surface area (Å²) in [6.07, 6.45) is 8.33. The van der Waals surface area contributed by atoms with Crippen molar-refractivity contribution in [3.8, 4) is 0 Å². The van der Waals surface area contributed by atoms with Gasteiger partial charge in [0.05, 0.1) is 0 Å². The van der Waals surface area contributed by atoms with Crippen LogP contribution in [0.1, 0.15) is 6.42 Å². The standard InChI is InChI=1S/C10H14N4O/c11-5-3-7-14-10(15)8-13-6-2-1-4-9(13)12-14/h1-2,4,6H,3,5,7-8,11H2. The molecular formula is C10H14N4O. The van der Waals surface area contributed by atoms with Crippen LogP contribution in [0, 0.1) is 0 Å². The third kappa shape index (κ3) is 2.07. The first-order valence-electron chi connectivity index (χ1n) is 5.02. The fraction of sp³-hybridized carbons (Fsp3) is 0.400. The molecule has 2 heterocycles. The highest BCUT2D eigenvalue weighted by atomic mass is 16.2. The number of hydrogen-bond acceptors (Lipinski definition) is 4. The van der Waals surface area contributed by atoms with Gasteiger partial charge in [0.2, 0.25) is 0 Å². The van der Waals surface area contributed by atoms with Crippen molar-refractivity contribution in [2.75, 3.05) is 19.6 Å². The molecule has 0 saturated carbocycles. The maximum absolute atomic E-state index is 11.6. The van der Waals surface area contributed by atoms with E-state index in [-0.39, 0.29) is 5.91 Å². The molecular weight excluding hydrogens is 192 g/mol. The molecule has 2 aliphatic rings. The number of nitrogens with two attached hydrogens (primary N) is 1. The Labute approximate surface area is 88.5 Å². The van der Waals surface area contributed by atoms with Gasteiger partial charge in [0.15, 0.2) is 5.84 Å². The number of amides is 1. The molecule has 2 aliphatic heterocycles. The van der Waals surface area contributed by atoms with E-state index in [1.165, 1.54) is 5.01 Å². The Balaban J connectivity index is 2.11. The Morgan fingerprint density at radius 2 is 2.33 bits per heavy atom. The van der Waals surface area contributed by atoms with Gasteiger partial charge in [-0.3, -0.25) is 4.79 Å². The molecule has 0 bridgehead atoms. The molecule has 0 fully saturated rings. The normalized spacial score (nSPS) is 19.3. The lowest BCUT2D eigenvalue weighted by Gasteiger charge is -2.30. The van der Waals surface area contributed by atoms with Gasteiger partial charge in [0.1, 0.15) is 6.54 Å². The highest BCUT2D eigenvalue weighted by molar-refractivity contribution is 6.00. The van der Waals surface area contributed by atoms with Crippen LogP contribution in [0.5, 0.6) is 0 Å². The molecule has 1 amide bonds. The van der Waals surface area contributed by atoms with Crippen LogP contribution in [0.4, 0.5) is 0 Å². The molecule has 0 unspecified atom stereocenters. The van der Waals surface area contributed by atoms with E-state index in [1.54, 1.807) is 0 Å². The summed E-state index contributed by atoms with van der Waals surface area (Å²) >= 11 is 0. The van der Waals surface area contributed by atoms with E-state index in [0.717, 1.165) is 12.3 Å². The highest BCUT2D eigenvalue weighted by Crippen LogP contribution is 2.11. The molecule has 2 N–H and O–H groups in total. The zero-order valence-electron chi connectivity index (χ0n) is 8.47. The van der Waals surface area contributed by atoms with E-state index in [0.29, 0.717) is 19.6 Å². The van der Waals surface area contributed by atoms with Crippen molar-refractivity contribution >= 4 is 11.7 Å². The van der Waals surface area contributed by atoms with E-state index >= 15 is 0 Å². The number of fused-ring (bicyclic) bond motifs is 1. The molecule has 5 heteroatoms. The maximum Gasteiger partial charge on any atom is 0.262 e. The second-order valence-corrected chi connectivity index (χ2v) is 3.45. The minimum atomic E-state index is 0.0205. The number of nitrogens with zero attached hydrogens (tertiary/aromatic N) is 3. The summed E-state index contributed by atoms with van der Waals surface area (Å²) in [5.41, 5.74) is 5.40. The molecule has 15 heavy (non-hydrogen) atoms. The average Bonchev–Trinajstić information content (AvgIpc) is 2.26. The quantitative estimate of drug-likeness (QED) is 0.700. The van der Waals surface area contributed by atoms with Crippen LogP contribution in [0.25, 0.3) is 0 Å². The molecule has 80 valence electrons.